The second kappa shape index (κ2) is 7.76. The van der Waals surface area contributed by atoms with Gasteiger partial charge in [0.15, 0.2) is 0 Å². The lowest BCUT2D eigenvalue weighted by molar-refractivity contribution is 0.102. The lowest BCUT2D eigenvalue weighted by Gasteiger charge is -2.13. The van der Waals surface area contributed by atoms with Crippen molar-refractivity contribution in [3.8, 4) is 6.07 Å². The van der Waals surface area contributed by atoms with Gasteiger partial charge in [0.1, 0.15) is 0 Å². The summed E-state index contributed by atoms with van der Waals surface area (Å²) in [7, 11) is 1.72. The Labute approximate surface area is 173 Å². The molecule has 0 atom stereocenters. The van der Waals surface area contributed by atoms with E-state index in [4.69, 9.17) is 11.0 Å². The van der Waals surface area contributed by atoms with Crippen molar-refractivity contribution in [2.75, 3.05) is 11.1 Å². The number of nitrogens with two attached hydrogens (primary N) is 1. The molecule has 1 aliphatic carbocycles. The number of hydrogen-bond acceptors (Lipinski definition) is 4. The highest BCUT2D eigenvalue weighted by atomic mass is 16.2. The van der Waals surface area contributed by atoms with E-state index in [0.29, 0.717) is 41.9 Å². The van der Waals surface area contributed by atoms with Gasteiger partial charge in [-0.2, -0.15) is 5.26 Å². The van der Waals surface area contributed by atoms with Crippen LogP contribution in [0.25, 0.3) is 6.08 Å². The first kappa shape index (κ1) is 19.3. The van der Waals surface area contributed by atoms with Gasteiger partial charge in [-0.1, -0.05) is 24.3 Å². The first-order chi connectivity index (χ1) is 14.5. The molecule has 7 heteroatoms. The van der Waals surface area contributed by atoms with E-state index in [-0.39, 0.29) is 11.6 Å². The lowest BCUT2D eigenvalue weighted by atomic mass is 10.0. The fourth-order valence-corrected chi connectivity index (χ4v) is 3.67. The fraction of sp³-hybridized carbons (Fsp3) is 0.174. The number of aromatic nitrogens is 2. The summed E-state index contributed by atoms with van der Waals surface area (Å²) in [4.78, 5) is 25.2. The number of fused-ring (bicyclic) bond motifs is 1. The van der Waals surface area contributed by atoms with Gasteiger partial charge in [0.2, 0.25) is 0 Å². The van der Waals surface area contributed by atoms with Gasteiger partial charge in [0.05, 0.1) is 29.7 Å². The second-order valence-electron chi connectivity index (χ2n) is 7.28. The smallest absolute Gasteiger partial charge is 0.328 e. The Balaban J connectivity index is 1.55. The van der Waals surface area contributed by atoms with Crippen LogP contribution < -0.4 is 16.7 Å². The van der Waals surface area contributed by atoms with Crippen molar-refractivity contribution >= 4 is 23.4 Å². The largest absolute Gasteiger partial charge is 0.397 e. The van der Waals surface area contributed by atoms with Crippen molar-refractivity contribution in [2.45, 2.75) is 19.4 Å². The minimum absolute atomic E-state index is 0.114. The molecule has 0 fully saturated rings. The Morgan fingerprint density at radius 2 is 1.90 bits per heavy atom. The maximum Gasteiger partial charge on any atom is 0.328 e. The molecule has 1 amide bonds. The minimum atomic E-state index is -0.247. The predicted molar refractivity (Wildman–Crippen MR) is 116 cm³/mol. The van der Waals surface area contributed by atoms with Crippen LogP contribution in [-0.2, 0) is 20.0 Å². The third-order valence-electron chi connectivity index (χ3n) is 5.35. The quantitative estimate of drug-likeness (QED) is 0.658. The average molecular weight is 399 g/mol. The van der Waals surface area contributed by atoms with Crippen molar-refractivity contribution in [2.24, 2.45) is 7.05 Å². The monoisotopic (exact) mass is 399 g/mol. The van der Waals surface area contributed by atoms with E-state index in [2.05, 4.69) is 11.4 Å². The molecule has 0 saturated carbocycles. The van der Waals surface area contributed by atoms with E-state index >= 15 is 0 Å². The fourth-order valence-electron chi connectivity index (χ4n) is 3.67. The molecule has 30 heavy (non-hydrogen) atoms. The minimum Gasteiger partial charge on any atom is -0.397 e. The number of benzene rings is 2. The van der Waals surface area contributed by atoms with Crippen LogP contribution in [0.5, 0.6) is 0 Å². The SMILES string of the molecule is Cn1c2c(n(Cc3ccc(C(=O)Nc4ccccc4N)cc3)c1=O)CCC(C#N)=C2. The highest BCUT2D eigenvalue weighted by molar-refractivity contribution is 6.05. The van der Waals surface area contributed by atoms with Crippen LogP contribution in [-0.4, -0.2) is 15.0 Å². The summed E-state index contributed by atoms with van der Waals surface area (Å²) >= 11 is 0. The predicted octanol–water partition coefficient (Wildman–Crippen LogP) is 2.92. The number of nitrogens with one attached hydrogen (secondary N) is 1. The summed E-state index contributed by atoms with van der Waals surface area (Å²) in [5, 5.41) is 11.9. The number of hydrogen-bond donors (Lipinski definition) is 2. The molecule has 1 heterocycles. The van der Waals surface area contributed by atoms with Crippen molar-refractivity contribution < 1.29 is 4.79 Å². The molecule has 0 aliphatic heterocycles. The van der Waals surface area contributed by atoms with Crippen LogP contribution in [0, 0.1) is 11.3 Å². The van der Waals surface area contributed by atoms with Crippen LogP contribution in [0.15, 0.2) is 58.9 Å². The van der Waals surface area contributed by atoms with Crippen LogP contribution in [0.2, 0.25) is 0 Å². The van der Waals surface area contributed by atoms with Crippen LogP contribution in [0.1, 0.15) is 33.7 Å². The number of nitrogen functional groups attached to an aromatic ring is 1. The summed E-state index contributed by atoms with van der Waals surface area (Å²) < 4.78 is 3.32. The average Bonchev–Trinajstić information content (AvgIpc) is 3.00. The molecule has 150 valence electrons. The number of para-hydroxylation sites is 2. The number of carbonyl (C=O) groups is 1. The van der Waals surface area contributed by atoms with Gasteiger partial charge in [-0.15, -0.1) is 0 Å². The number of carbonyl (C=O) groups excluding carboxylic acids is 1. The second-order valence-corrected chi connectivity index (χ2v) is 7.28. The molecular formula is C23H21N5O2. The number of allylic oxidation sites excluding steroid dienone is 1. The zero-order valence-electron chi connectivity index (χ0n) is 16.6. The van der Waals surface area contributed by atoms with Crippen LogP contribution >= 0.6 is 0 Å². The molecule has 0 radical (unpaired) electrons. The highest BCUT2D eigenvalue weighted by Crippen LogP contribution is 2.23. The first-order valence-corrected chi connectivity index (χ1v) is 9.62. The van der Waals surface area contributed by atoms with Crippen LogP contribution in [0.3, 0.4) is 0 Å². The summed E-state index contributed by atoms with van der Waals surface area (Å²) in [6.45, 7) is 0.408. The lowest BCUT2D eigenvalue weighted by Crippen LogP contribution is -2.24. The Hall–Kier alpha value is -4.05. The zero-order valence-corrected chi connectivity index (χ0v) is 16.6. The number of nitriles is 1. The molecule has 4 rings (SSSR count). The van der Waals surface area contributed by atoms with Gasteiger partial charge >= 0.3 is 5.69 Å². The van der Waals surface area contributed by atoms with E-state index in [9.17, 15) is 9.59 Å². The van der Waals surface area contributed by atoms with Gasteiger partial charge in [-0.05, 0) is 48.7 Å². The Bertz CT molecular complexity index is 1260. The van der Waals surface area contributed by atoms with Crippen molar-refractivity contribution in [3.63, 3.8) is 0 Å². The molecule has 0 bridgehead atoms. The van der Waals surface area contributed by atoms with Crippen molar-refractivity contribution in [1.29, 1.82) is 5.26 Å². The topological polar surface area (TPSA) is 106 Å². The Kier molecular flexibility index (Phi) is 4.98. The standard InChI is InChI=1S/C23H21N5O2/c1-27-21-12-16(13-24)8-11-20(21)28(23(27)30)14-15-6-9-17(10-7-15)22(29)26-19-5-3-2-4-18(19)25/h2-7,9-10,12H,8,11,14,25H2,1H3,(H,26,29). The summed E-state index contributed by atoms with van der Waals surface area (Å²) in [6.07, 6.45) is 3.08. The summed E-state index contributed by atoms with van der Waals surface area (Å²) in [5.41, 5.74) is 10.7. The van der Waals surface area contributed by atoms with Gasteiger partial charge < -0.3 is 11.1 Å². The molecule has 0 spiro atoms. The molecule has 1 aliphatic rings. The van der Waals surface area contributed by atoms with E-state index < -0.39 is 0 Å². The third-order valence-corrected chi connectivity index (χ3v) is 5.35. The van der Waals surface area contributed by atoms with Gasteiger partial charge in [-0.25, -0.2) is 4.79 Å². The number of nitrogens with zero attached hydrogens (tertiary/aromatic N) is 3. The molecule has 2 aromatic carbocycles. The maximum absolute atomic E-state index is 12.7. The maximum atomic E-state index is 12.7. The Morgan fingerprint density at radius 1 is 1.17 bits per heavy atom. The molecule has 0 unspecified atom stereocenters. The van der Waals surface area contributed by atoms with Crippen LogP contribution in [0.4, 0.5) is 11.4 Å². The number of imidazole rings is 1. The van der Waals surface area contributed by atoms with Gasteiger partial charge in [-0.3, -0.25) is 13.9 Å². The van der Waals surface area contributed by atoms with Crippen molar-refractivity contribution in [1.82, 2.24) is 9.13 Å². The van der Waals surface area contributed by atoms with E-state index in [1.165, 1.54) is 0 Å². The third kappa shape index (κ3) is 3.51. The van der Waals surface area contributed by atoms with Gasteiger partial charge in [0, 0.05) is 23.9 Å². The molecular weight excluding hydrogens is 378 g/mol. The molecule has 7 nitrogen and oxygen atoms in total. The molecule has 3 aromatic rings. The summed E-state index contributed by atoms with van der Waals surface area (Å²) in [5.74, 6) is -0.247. The normalized spacial score (nSPS) is 12.6. The number of amides is 1. The molecule has 0 saturated heterocycles. The zero-order chi connectivity index (χ0) is 21.3. The van der Waals surface area contributed by atoms with Gasteiger partial charge in [0.25, 0.3) is 5.91 Å². The molecule has 1 aromatic heterocycles. The van der Waals surface area contributed by atoms with E-state index in [1.54, 1.807) is 52.6 Å². The summed E-state index contributed by atoms with van der Waals surface area (Å²) in [6, 6.07) is 16.4. The van der Waals surface area contributed by atoms with E-state index in [1.807, 2.05) is 18.2 Å². The number of anilines is 2. The van der Waals surface area contributed by atoms with E-state index in [0.717, 1.165) is 17.0 Å². The Morgan fingerprint density at radius 3 is 2.60 bits per heavy atom. The molecule has 3 N–H and O–H groups in total. The highest BCUT2D eigenvalue weighted by Gasteiger charge is 2.21. The first-order valence-electron chi connectivity index (χ1n) is 9.62. The number of rotatable bonds is 4. The van der Waals surface area contributed by atoms with Crippen molar-refractivity contribution in [3.05, 3.63) is 87.1 Å².